The molecule has 0 unspecified atom stereocenters. The van der Waals surface area contributed by atoms with Gasteiger partial charge in [0.05, 0.1) is 12.2 Å². The van der Waals surface area contributed by atoms with E-state index in [1.807, 2.05) is 7.05 Å². The molecule has 0 aromatic heterocycles. The maximum absolute atomic E-state index is 11.2. The highest BCUT2D eigenvalue weighted by Gasteiger charge is 2.26. The second-order valence-electron chi connectivity index (χ2n) is 3.34. The third kappa shape index (κ3) is 1.09. The van der Waals surface area contributed by atoms with Crippen molar-refractivity contribution in [3.63, 3.8) is 0 Å². The van der Waals surface area contributed by atoms with Gasteiger partial charge in [0, 0.05) is 25.7 Å². The van der Waals surface area contributed by atoms with Gasteiger partial charge in [-0.05, 0) is 12.8 Å². The van der Waals surface area contributed by atoms with E-state index in [9.17, 15) is 4.79 Å². The lowest BCUT2D eigenvalue weighted by molar-refractivity contribution is -0.135. The third-order valence-corrected chi connectivity index (χ3v) is 2.55. The molecule has 0 amide bonds. The molecule has 0 spiro atoms. The van der Waals surface area contributed by atoms with Crippen LogP contribution in [0, 0.1) is 0 Å². The second kappa shape index (κ2) is 2.81. The van der Waals surface area contributed by atoms with Crippen LogP contribution in [0.3, 0.4) is 0 Å². The maximum Gasteiger partial charge on any atom is 0.335 e. The number of allylic oxidation sites excluding steroid dienone is 1. The van der Waals surface area contributed by atoms with E-state index in [1.54, 1.807) is 0 Å². The van der Waals surface area contributed by atoms with E-state index in [-0.39, 0.29) is 5.97 Å². The van der Waals surface area contributed by atoms with Crippen molar-refractivity contribution in [2.24, 2.45) is 0 Å². The molecule has 2 rings (SSSR count). The number of hydrogen-bond acceptors (Lipinski definition) is 3. The van der Waals surface area contributed by atoms with Crippen molar-refractivity contribution in [3.8, 4) is 0 Å². The Bertz CT molecular complexity index is 245. The zero-order valence-electron chi connectivity index (χ0n) is 7.30. The SMILES string of the molecule is CN1CCC/C1=C1/CCOC1=O. The summed E-state index contributed by atoms with van der Waals surface area (Å²) in [7, 11) is 2.04. The molecule has 0 aromatic carbocycles. The molecule has 0 aromatic rings. The van der Waals surface area contributed by atoms with E-state index in [2.05, 4.69) is 4.90 Å². The molecule has 0 radical (unpaired) electrons. The average Bonchev–Trinajstić information content (AvgIpc) is 2.59. The van der Waals surface area contributed by atoms with E-state index in [1.165, 1.54) is 12.1 Å². The van der Waals surface area contributed by atoms with Crippen molar-refractivity contribution >= 4 is 5.97 Å². The number of nitrogens with zero attached hydrogens (tertiary/aromatic N) is 1. The fourth-order valence-corrected chi connectivity index (χ4v) is 1.89. The van der Waals surface area contributed by atoms with Gasteiger partial charge in [0.2, 0.25) is 0 Å². The van der Waals surface area contributed by atoms with Crippen LogP contribution in [0.4, 0.5) is 0 Å². The number of ether oxygens (including phenoxy) is 1. The molecule has 2 aliphatic rings. The normalized spacial score (nSPS) is 29.8. The van der Waals surface area contributed by atoms with Crippen molar-refractivity contribution < 1.29 is 9.53 Å². The van der Waals surface area contributed by atoms with Gasteiger partial charge in [-0.1, -0.05) is 0 Å². The summed E-state index contributed by atoms with van der Waals surface area (Å²) in [5.41, 5.74) is 2.12. The van der Waals surface area contributed by atoms with Crippen molar-refractivity contribution in [2.45, 2.75) is 19.3 Å². The Kier molecular flexibility index (Phi) is 1.79. The molecule has 2 heterocycles. The summed E-state index contributed by atoms with van der Waals surface area (Å²) in [5, 5.41) is 0. The van der Waals surface area contributed by atoms with E-state index in [0.29, 0.717) is 6.61 Å². The molecule has 12 heavy (non-hydrogen) atoms. The van der Waals surface area contributed by atoms with Crippen molar-refractivity contribution in [1.29, 1.82) is 0 Å². The lowest BCUT2D eigenvalue weighted by Crippen LogP contribution is -2.13. The van der Waals surface area contributed by atoms with Gasteiger partial charge in [-0.25, -0.2) is 4.79 Å². The Labute approximate surface area is 72.0 Å². The van der Waals surface area contributed by atoms with Gasteiger partial charge >= 0.3 is 5.97 Å². The van der Waals surface area contributed by atoms with Crippen LogP contribution in [0.25, 0.3) is 0 Å². The van der Waals surface area contributed by atoms with E-state index in [0.717, 1.165) is 25.0 Å². The van der Waals surface area contributed by atoms with Crippen LogP contribution >= 0.6 is 0 Å². The number of rotatable bonds is 0. The molecular weight excluding hydrogens is 154 g/mol. The standard InChI is InChI=1S/C9H13NO2/c1-10-5-2-3-8(10)7-4-6-12-9(7)11/h2-6H2,1H3/b8-7+. The van der Waals surface area contributed by atoms with Gasteiger partial charge in [0.1, 0.15) is 0 Å². The topological polar surface area (TPSA) is 29.5 Å². The molecule has 2 fully saturated rings. The second-order valence-corrected chi connectivity index (χ2v) is 3.34. The Morgan fingerprint density at radius 1 is 1.42 bits per heavy atom. The van der Waals surface area contributed by atoms with Crippen molar-refractivity contribution in [3.05, 3.63) is 11.3 Å². The predicted octanol–water partition coefficient (Wildman–Crippen LogP) is 0.913. The number of hydrogen-bond donors (Lipinski definition) is 0. The number of esters is 1. The van der Waals surface area contributed by atoms with Gasteiger partial charge in [-0.3, -0.25) is 0 Å². The molecule has 0 bridgehead atoms. The highest BCUT2D eigenvalue weighted by atomic mass is 16.5. The Morgan fingerprint density at radius 3 is 2.75 bits per heavy atom. The Hall–Kier alpha value is -0.990. The lowest BCUT2D eigenvalue weighted by atomic mass is 10.1. The van der Waals surface area contributed by atoms with Crippen LogP contribution in [0.2, 0.25) is 0 Å². The molecule has 0 saturated carbocycles. The minimum Gasteiger partial charge on any atom is -0.462 e. The van der Waals surface area contributed by atoms with E-state index < -0.39 is 0 Å². The number of carbonyl (C=O) groups is 1. The highest BCUT2D eigenvalue weighted by Crippen LogP contribution is 2.27. The molecule has 2 aliphatic heterocycles. The maximum atomic E-state index is 11.2. The zero-order chi connectivity index (χ0) is 8.55. The summed E-state index contributed by atoms with van der Waals surface area (Å²) in [5.74, 6) is -0.0984. The van der Waals surface area contributed by atoms with Gasteiger partial charge in [-0.15, -0.1) is 0 Å². The fraction of sp³-hybridized carbons (Fsp3) is 0.667. The molecule has 0 aliphatic carbocycles. The van der Waals surface area contributed by atoms with E-state index >= 15 is 0 Å². The van der Waals surface area contributed by atoms with Crippen LogP contribution in [0.5, 0.6) is 0 Å². The van der Waals surface area contributed by atoms with Crippen LogP contribution in [0.15, 0.2) is 11.3 Å². The van der Waals surface area contributed by atoms with Crippen molar-refractivity contribution in [2.75, 3.05) is 20.2 Å². The predicted molar refractivity (Wildman–Crippen MR) is 44.5 cm³/mol. The van der Waals surface area contributed by atoms with Crippen LogP contribution < -0.4 is 0 Å². The van der Waals surface area contributed by atoms with E-state index in [4.69, 9.17) is 4.74 Å². The Balaban J connectivity index is 2.28. The zero-order valence-corrected chi connectivity index (χ0v) is 7.30. The monoisotopic (exact) mass is 167 g/mol. The smallest absolute Gasteiger partial charge is 0.335 e. The Morgan fingerprint density at radius 2 is 2.25 bits per heavy atom. The first kappa shape index (κ1) is 7.65. The van der Waals surface area contributed by atoms with Gasteiger partial charge in [-0.2, -0.15) is 0 Å². The molecular formula is C9H13NO2. The molecule has 0 N–H and O–H groups in total. The third-order valence-electron chi connectivity index (χ3n) is 2.55. The first-order valence-electron chi connectivity index (χ1n) is 4.39. The van der Waals surface area contributed by atoms with Crippen LogP contribution in [-0.2, 0) is 9.53 Å². The minimum absolute atomic E-state index is 0.0984. The number of carbonyl (C=O) groups excluding carboxylic acids is 1. The highest BCUT2D eigenvalue weighted by molar-refractivity contribution is 5.91. The average molecular weight is 167 g/mol. The number of likely N-dealkylation sites (tertiary alicyclic amines) is 1. The lowest BCUT2D eigenvalue weighted by Gasteiger charge is -2.13. The summed E-state index contributed by atoms with van der Waals surface area (Å²) in [6.07, 6.45) is 3.02. The summed E-state index contributed by atoms with van der Waals surface area (Å²) in [6.45, 7) is 1.65. The molecule has 2 saturated heterocycles. The summed E-state index contributed by atoms with van der Waals surface area (Å²) >= 11 is 0. The summed E-state index contributed by atoms with van der Waals surface area (Å²) < 4.78 is 4.90. The van der Waals surface area contributed by atoms with Gasteiger partial charge < -0.3 is 9.64 Å². The molecule has 3 nitrogen and oxygen atoms in total. The quantitative estimate of drug-likeness (QED) is 0.397. The van der Waals surface area contributed by atoms with Gasteiger partial charge in [0.25, 0.3) is 0 Å². The summed E-state index contributed by atoms with van der Waals surface area (Å²) in [4.78, 5) is 13.4. The van der Waals surface area contributed by atoms with Crippen LogP contribution in [0.1, 0.15) is 19.3 Å². The van der Waals surface area contributed by atoms with Crippen molar-refractivity contribution in [1.82, 2.24) is 4.90 Å². The fourth-order valence-electron chi connectivity index (χ4n) is 1.89. The van der Waals surface area contributed by atoms with Gasteiger partial charge in [0.15, 0.2) is 0 Å². The molecule has 3 heteroatoms. The first-order chi connectivity index (χ1) is 5.79. The number of cyclic esters (lactones) is 1. The minimum atomic E-state index is -0.0984. The summed E-state index contributed by atoms with van der Waals surface area (Å²) in [6, 6.07) is 0. The largest absolute Gasteiger partial charge is 0.462 e. The van der Waals surface area contributed by atoms with Crippen LogP contribution in [-0.4, -0.2) is 31.1 Å². The molecule has 66 valence electrons. The first-order valence-corrected chi connectivity index (χ1v) is 4.39. The molecule has 0 atom stereocenters.